The summed E-state index contributed by atoms with van der Waals surface area (Å²) >= 11 is 0. The number of nitrogens with zero attached hydrogens (tertiary/aromatic N) is 2. The minimum Gasteiger partial charge on any atom is -0.333 e. The van der Waals surface area contributed by atoms with E-state index < -0.39 is 11.8 Å². The number of rotatable bonds is 3. The Balaban J connectivity index is 2.60. The van der Waals surface area contributed by atoms with E-state index in [-0.39, 0.29) is 6.04 Å². The predicted molar refractivity (Wildman–Crippen MR) is 52.5 cm³/mol. The predicted octanol–water partition coefficient (Wildman–Crippen LogP) is -0.976. The molecule has 5 nitrogen and oxygen atoms in total. The highest BCUT2D eigenvalue weighted by Crippen LogP contribution is 2.04. The van der Waals surface area contributed by atoms with Crippen LogP contribution in [0.4, 0.5) is 0 Å². The number of hydrogen-bond donors (Lipinski definition) is 1. The van der Waals surface area contributed by atoms with Gasteiger partial charge in [0.1, 0.15) is 0 Å². The molecule has 1 unspecified atom stereocenters. The first kappa shape index (κ1) is 11.0. The number of likely N-dealkylation sites (N-methyl/N-ethyl adjacent to an activating group) is 1. The third-order valence-electron chi connectivity index (χ3n) is 2.29. The van der Waals surface area contributed by atoms with E-state index in [9.17, 15) is 9.59 Å². The number of hydrogen-bond acceptors (Lipinski definition) is 3. The first-order chi connectivity index (χ1) is 6.56. The summed E-state index contributed by atoms with van der Waals surface area (Å²) in [6, 6.07) is -0.0834. The Labute approximate surface area is 83.8 Å². The second-order valence-electron chi connectivity index (χ2n) is 3.61. The minimum absolute atomic E-state index is 0.0834. The fourth-order valence-corrected chi connectivity index (χ4v) is 1.54. The standard InChI is InChI=1S/C9H17N3O2/c1-3-11-4-5-12(6-7(2)10)9(14)8(11)13/h7H,3-6,10H2,1-2H3. The highest BCUT2D eigenvalue weighted by Gasteiger charge is 2.31. The van der Waals surface area contributed by atoms with Crippen LogP contribution in [0.2, 0.25) is 0 Å². The Morgan fingerprint density at radius 2 is 1.79 bits per heavy atom. The van der Waals surface area contributed by atoms with Gasteiger partial charge in [0.2, 0.25) is 0 Å². The molecule has 1 atom stereocenters. The van der Waals surface area contributed by atoms with Gasteiger partial charge in [-0.1, -0.05) is 0 Å². The van der Waals surface area contributed by atoms with Crippen LogP contribution in [0.5, 0.6) is 0 Å². The molecule has 0 radical (unpaired) electrons. The zero-order valence-corrected chi connectivity index (χ0v) is 8.69. The lowest BCUT2D eigenvalue weighted by Crippen LogP contribution is -2.56. The van der Waals surface area contributed by atoms with Gasteiger partial charge in [-0.25, -0.2) is 0 Å². The third kappa shape index (κ3) is 2.23. The lowest BCUT2D eigenvalue weighted by molar-refractivity contribution is -0.155. The van der Waals surface area contributed by atoms with E-state index in [4.69, 9.17) is 5.73 Å². The van der Waals surface area contributed by atoms with Crippen molar-refractivity contribution in [3.05, 3.63) is 0 Å². The molecule has 0 saturated carbocycles. The molecule has 1 fully saturated rings. The molecule has 0 spiro atoms. The van der Waals surface area contributed by atoms with Crippen LogP contribution in [0.25, 0.3) is 0 Å². The number of amides is 2. The smallest absolute Gasteiger partial charge is 0.312 e. The van der Waals surface area contributed by atoms with Gasteiger partial charge in [-0.15, -0.1) is 0 Å². The molecule has 0 aromatic carbocycles. The summed E-state index contributed by atoms with van der Waals surface area (Å²) in [6.45, 7) is 5.96. The topological polar surface area (TPSA) is 66.6 Å². The average molecular weight is 199 g/mol. The molecular formula is C9H17N3O2. The molecule has 0 aromatic heterocycles. The van der Waals surface area contributed by atoms with Crippen LogP contribution in [0.1, 0.15) is 13.8 Å². The monoisotopic (exact) mass is 199 g/mol. The fourth-order valence-electron chi connectivity index (χ4n) is 1.54. The Kier molecular flexibility index (Phi) is 3.46. The lowest BCUT2D eigenvalue weighted by atomic mass is 10.2. The number of nitrogens with two attached hydrogens (primary N) is 1. The van der Waals surface area contributed by atoms with Crippen molar-refractivity contribution in [3.63, 3.8) is 0 Å². The summed E-state index contributed by atoms with van der Waals surface area (Å²) in [7, 11) is 0. The second kappa shape index (κ2) is 4.41. The first-order valence-electron chi connectivity index (χ1n) is 4.90. The highest BCUT2D eigenvalue weighted by atomic mass is 16.2. The van der Waals surface area contributed by atoms with E-state index >= 15 is 0 Å². The molecule has 0 aromatic rings. The molecule has 1 rings (SSSR count). The van der Waals surface area contributed by atoms with Crippen molar-refractivity contribution < 1.29 is 9.59 Å². The third-order valence-corrected chi connectivity index (χ3v) is 2.29. The molecule has 2 N–H and O–H groups in total. The molecule has 0 bridgehead atoms. The summed E-state index contributed by atoms with van der Waals surface area (Å²) in [6.07, 6.45) is 0. The van der Waals surface area contributed by atoms with E-state index in [2.05, 4.69) is 0 Å². The van der Waals surface area contributed by atoms with E-state index in [0.29, 0.717) is 26.2 Å². The van der Waals surface area contributed by atoms with Crippen molar-refractivity contribution in [2.45, 2.75) is 19.9 Å². The maximum absolute atomic E-state index is 11.5. The number of carbonyl (C=O) groups excluding carboxylic acids is 2. The van der Waals surface area contributed by atoms with Crippen molar-refractivity contribution in [2.75, 3.05) is 26.2 Å². The van der Waals surface area contributed by atoms with Gasteiger partial charge in [0.15, 0.2) is 0 Å². The zero-order chi connectivity index (χ0) is 10.7. The van der Waals surface area contributed by atoms with Crippen LogP contribution in [0.3, 0.4) is 0 Å². The summed E-state index contributed by atoms with van der Waals surface area (Å²) in [5, 5.41) is 0. The molecular weight excluding hydrogens is 182 g/mol. The maximum atomic E-state index is 11.5. The quantitative estimate of drug-likeness (QED) is 0.594. The second-order valence-corrected chi connectivity index (χ2v) is 3.61. The molecule has 2 amide bonds. The van der Waals surface area contributed by atoms with Gasteiger partial charge in [-0.3, -0.25) is 9.59 Å². The Morgan fingerprint density at radius 3 is 2.29 bits per heavy atom. The SMILES string of the molecule is CCN1CCN(CC(C)N)C(=O)C1=O. The van der Waals surface area contributed by atoms with Crippen LogP contribution in [0, 0.1) is 0 Å². The van der Waals surface area contributed by atoms with Crippen LogP contribution >= 0.6 is 0 Å². The molecule has 1 aliphatic heterocycles. The molecule has 1 heterocycles. The van der Waals surface area contributed by atoms with Gasteiger partial charge in [0.25, 0.3) is 0 Å². The molecule has 1 aliphatic rings. The van der Waals surface area contributed by atoms with E-state index in [1.54, 1.807) is 4.90 Å². The van der Waals surface area contributed by atoms with Crippen molar-refractivity contribution in [1.82, 2.24) is 9.80 Å². The van der Waals surface area contributed by atoms with Crippen LogP contribution < -0.4 is 5.73 Å². The van der Waals surface area contributed by atoms with Gasteiger partial charge in [-0.05, 0) is 13.8 Å². The normalized spacial score (nSPS) is 20.2. The number of carbonyl (C=O) groups is 2. The molecule has 1 saturated heterocycles. The highest BCUT2D eigenvalue weighted by molar-refractivity contribution is 6.35. The summed E-state index contributed by atoms with van der Waals surface area (Å²) in [5.41, 5.74) is 5.58. The van der Waals surface area contributed by atoms with Crippen molar-refractivity contribution in [2.24, 2.45) is 5.73 Å². The number of piperazine rings is 1. The lowest BCUT2D eigenvalue weighted by Gasteiger charge is -2.33. The van der Waals surface area contributed by atoms with Crippen molar-refractivity contribution in [1.29, 1.82) is 0 Å². The van der Waals surface area contributed by atoms with Gasteiger partial charge in [-0.2, -0.15) is 0 Å². The molecule has 80 valence electrons. The van der Waals surface area contributed by atoms with E-state index in [0.717, 1.165) is 0 Å². The van der Waals surface area contributed by atoms with Gasteiger partial charge in [0.05, 0.1) is 0 Å². The van der Waals surface area contributed by atoms with E-state index in [1.807, 2.05) is 13.8 Å². The first-order valence-corrected chi connectivity index (χ1v) is 4.90. The molecule has 0 aliphatic carbocycles. The molecule has 14 heavy (non-hydrogen) atoms. The van der Waals surface area contributed by atoms with Crippen molar-refractivity contribution in [3.8, 4) is 0 Å². The Bertz CT molecular complexity index is 240. The fraction of sp³-hybridized carbons (Fsp3) is 0.778. The summed E-state index contributed by atoms with van der Waals surface area (Å²) in [5.74, 6) is -0.824. The van der Waals surface area contributed by atoms with Crippen LogP contribution in [0.15, 0.2) is 0 Å². The molecule has 5 heteroatoms. The van der Waals surface area contributed by atoms with Gasteiger partial charge >= 0.3 is 11.8 Å². The van der Waals surface area contributed by atoms with E-state index in [1.165, 1.54) is 4.90 Å². The Morgan fingerprint density at radius 1 is 1.29 bits per heavy atom. The van der Waals surface area contributed by atoms with Crippen LogP contribution in [-0.4, -0.2) is 53.8 Å². The summed E-state index contributed by atoms with van der Waals surface area (Å²) < 4.78 is 0. The average Bonchev–Trinajstić information content (AvgIpc) is 2.13. The van der Waals surface area contributed by atoms with Gasteiger partial charge in [0, 0.05) is 32.2 Å². The van der Waals surface area contributed by atoms with Crippen LogP contribution in [-0.2, 0) is 9.59 Å². The maximum Gasteiger partial charge on any atom is 0.312 e. The van der Waals surface area contributed by atoms with Gasteiger partial charge < -0.3 is 15.5 Å². The minimum atomic E-state index is -0.421. The largest absolute Gasteiger partial charge is 0.333 e. The zero-order valence-electron chi connectivity index (χ0n) is 8.69. The Hall–Kier alpha value is -1.10. The summed E-state index contributed by atoms with van der Waals surface area (Å²) in [4.78, 5) is 26.0. The van der Waals surface area contributed by atoms with Crippen molar-refractivity contribution >= 4 is 11.8 Å².